The van der Waals surface area contributed by atoms with Crippen LogP contribution in [0.1, 0.15) is 23.6 Å². The lowest BCUT2D eigenvalue weighted by molar-refractivity contribution is 0.294. The Hall–Kier alpha value is -3.62. The number of nitrogens with zero attached hydrogens (tertiary/aromatic N) is 5. The second kappa shape index (κ2) is 8.59. The molecular weight excluding hydrogens is 372 g/mol. The van der Waals surface area contributed by atoms with E-state index in [1.807, 2.05) is 38.1 Å². The summed E-state index contributed by atoms with van der Waals surface area (Å²) in [5.41, 5.74) is 6.57. The molecule has 1 N–H and O–H groups in total. The predicted molar refractivity (Wildman–Crippen MR) is 110 cm³/mol. The zero-order valence-electron chi connectivity index (χ0n) is 17.1. The first-order chi connectivity index (χ1) is 14.0. The molecule has 0 aliphatic heterocycles. The summed E-state index contributed by atoms with van der Waals surface area (Å²) in [6.07, 6.45) is 0. The van der Waals surface area contributed by atoms with Crippen molar-refractivity contribution in [1.82, 2.24) is 25.2 Å². The van der Waals surface area contributed by atoms with E-state index in [2.05, 4.69) is 21.0 Å². The summed E-state index contributed by atoms with van der Waals surface area (Å²) in [5, 5.41) is 11.9. The summed E-state index contributed by atoms with van der Waals surface area (Å²) in [6.45, 7) is 4.11. The van der Waals surface area contributed by atoms with Crippen molar-refractivity contribution in [2.75, 3.05) is 14.2 Å². The van der Waals surface area contributed by atoms with Crippen LogP contribution in [-0.4, -0.2) is 39.7 Å². The highest BCUT2D eigenvalue weighted by Crippen LogP contribution is 2.27. The predicted octanol–water partition coefficient (Wildman–Crippen LogP) is 1.81. The second-order valence-electron chi connectivity index (χ2n) is 6.44. The first kappa shape index (κ1) is 20.1. The Morgan fingerprint density at radius 3 is 2.62 bits per heavy atom. The van der Waals surface area contributed by atoms with E-state index in [1.165, 1.54) is 9.36 Å². The van der Waals surface area contributed by atoms with Gasteiger partial charge >= 0.3 is 5.69 Å². The molecule has 0 atom stereocenters. The average molecular weight is 396 g/mol. The fourth-order valence-corrected chi connectivity index (χ4v) is 2.97. The minimum Gasteiger partial charge on any atom is -0.496 e. The van der Waals surface area contributed by atoms with Crippen LogP contribution < -0.4 is 20.6 Å². The van der Waals surface area contributed by atoms with E-state index in [1.54, 1.807) is 33.3 Å². The number of aromatic nitrogens is 4. The third-order valence-corrected chi connectivity index (χ3v) is 4.52. The molecule has 0 fully saturated rings. The van der Waals surface area contributed by atoms with Crippen molar-refractivity contribution in [1.29, 1.82) is 0 Å². The van der Waals surface area contributed by atoms with Crippen LogP contribution in [0, 0.1) is 6.92 Å². The number of nitrogens with one attached hydrogen (secondary N) is 1. The lowest BCUT2D eigenvalue weighted by Gasteiger charge is -2.15. The van der Waals surface area contributed by atoms with Gasteiger partial charge in [-0.3, -0.25) is 0 Å². The minimum absolute atomic E-state index is 0.201. The first-order valence-corrected chi connectivity index (χ1v) is 9.06. The van der Waals surface area contributed by atoms with Gasteiger partial charge in [-0.05, 0) is 65.7 Å². The van der Waals surface area contributed by atoms with E-state index >= 15 is 0 Å². The number of hydrogen-bond donors (Lipinski definition) is 1. The fourth-order valence-electron chi connectivity index (χ4n) is 2.97. The Kier molecular flexibility index (Phi) is 5.96. The Balaban J connectivity index is 1.92. The summed E-state index contributed by atoms with van der Waals surface area (Å²) >= 11 is 0. The van der Waals surface area contributed by atoms with Crippen LogP contribution in [0.5, 0.6) is 11.5 Å². The number of rotatable bonds is 7. The highest BCUT2D eigenvalue weighted by atomic mass is 16.5. The molecular formula is C20H24N6O3. The monoisotopic (exact) mass is 396 g/mol. The van der Waals surface area contributed by atoms with Gasteiger partial charge in [-0.15, -0.1) is 0 Å². The quantitative estimate of drug-likeness (QED) is 0.483. The number of benzene rings is 2. The van der Waals surface area contributed by atoms with Gasteiger partial charge in [0.25, 0.3) is 0 Å². The van der Waals surface area contributed by atoms with Gasteiger partial charge in [-0.2, -0.15) is 14.5 Å². The fraction of sp³-hybridized carbons (Fsp3) is 0.300. The van der Waals surface area contributed by atoms with Crippen LogP contribution in [-0.2, 0) is 13.7 Å². The number of aryl methyl sites for hydroxylation is 2. The smallest absolute Gasteiger partial charge is 0.368 e. The molecule has 9 nitrogen and oxygen atoms in total. The van der Waals surface area contributed by atoms with Gasteiger partial charge in [-0.1, -0.05) is 6.07 Å². The summed E-state index contributed by atoms with van der Waals surface area (Å²) in [5.74, 6) is 1.33. The van der Waals surface area contributed by atoms with Crippen LogP contribution in [0.2, 0.25) is 0 Å². The number of methoxy groups -OCH3 is 1. The van der Waals surface area contributed by atoms with Crippen molar-refractivity contribution in [2.45, 2.75) is 20.5 Å². The van der Waals surface area contributed by atoms with Crippen LogP contribution in [0.4, 0.5) is 0 Å². The maximum absolute atomic E-state index is 12.3. The Labute approximate surface area is 168 Å². The van der Waals surface area contributed by atoms with Gasteiger partial charge in [0.15, 0.2) is 0 Å². The normalized spacial score (nSPS) is 11.4. The highest BCUT2D eigenvalue weighted by Gasteiger charge is 2.16. The molecule has 29 heavy (non-hydrogen) atoms. The summed E-state index contributed by atoms with van der Waals surface area (Å²) in [6, 6.07) is 11.3. The Morgan fingerprint density at radius 2 is 2.00 bits per heavy atom. The van der Waals surface area contributed by atoms with Crippen LogP contribution in [0.25, 0.3) is 5.69 Å². The zero-order chi connectivity index (χ0) is 21.0. The first-order valence-electron chi connectivity index (χ1n) is 9.06. The van der Waals surface area contributed by atoms with Crippen molar-refractivity contribution in [3.63, 3.8) is 0 Å². The minimum atomic E-state index is -0.348. The summed E-state index contributed by atoms with van der Waals surface area (Å²) in [4.78, 5) is 12.3. The molecule has 0 saturated heterocycles. The molecule has 0 unspecified atom stereocenters. The van der Waals surface area contributed by atoms with Crippen molar-refractivity contribution in [3.8, 4) is 17.2 Å². The van der Waals surface area contributed by atoms with E-state index in [9.17, 15) is 4.79 Å². The molecule has 0 aliphatic rings. The molecule has 1 aromatic heterocycles. The molecule has 2 aromatic carbocycles. The third-order valence-electron chi connectivity index (χ3n) is 4.52. The van der Waals surface area contributed by atoms with Crippen LogP contribution in [0.3, 0.4) is 0 Å². The number of ether oxygens (including phenoxy) is 2. The van der Waals surface area contributed by atoms with E-state index in [0.29, 0.717) is 17.0 Å². The molecule has 3 rings (SSSR count). The van der Waals surface area contributed by atoms with Gasteiger partial charge < -0.3 is 14.9 Å². The molecule has 9 heteroatoms. The number of tetrazole rings is 1. The van der Waals surface area contributed by atoms with Crippen molar-refractivity contribution in [3.05, 3.63) is 63.6 Å². The maximum atomic E-state index is 12.3. The topological polar surface area (TPSA) is 95.6 Å². The van der Waals surface area contributed by atoms with E-state index in [0.717, 1.165) is 22.6 Å². The maximum Gasteiger partial charge on any atom is 0.368 e. The molecule has 152 valence electrons. The van der Waals surface area contributed by atoms with Gasteiger partial charge in [0, 0.05) is 14.1 Å². The van der Waals surface area contributed by atoms with Gasteiger partial charge in [0.1, 0.15) is 18.1 Å². The molecule has 0 saturated carbocycles. The van der Waals surface area contributed by atoms with Crippen molar-refractivity contribution in [2.24, 2.45) is 12.1 Å². The van der Waals surface area contributed by atoms with Crippen LogP contribution >= 0.6 is 0 Å². The Bertz CT molecular complexity index is 1100. The van der Waals surface area contributed by atoms with Gasteiger partial charge in [-0.25, -0.2) is 4.79 Å². The largest absolute Gasteiger partial charge is 0.496 e. The van der Waals surface area contributed by atoms with Crippen molar-refractivity contribution < 1.29 is 9.47 Å². The Morgan fingerprint density at radius 1 is 1.21 bits per heavy atom. The molecule has 0 bridgehead atoms. The molecule has 0 amide bonds. The number of hydrogen-bond acceptors (Lipinski definition) is 7. The third kappa shape index (κ3) is 4.13. The van der Waals surface area contributed by atoms with Gasteiger partial charge in [0.2, 0.25) is 0 Å². The lowest BCUT2D eigenvalue weighted by Crippen LogP contribution is -2.23. The standard InChI is InChI=1S/C20H24N6O3/c1-13-11-15(14(2)22-21-3)9-10-18(13)29-12-16-17(7-6-8-19(16)28-5)26-20(27)25(4)23-24-26/h6-11,21H,12H2,1-5H3. The molecule has 0 spiro atoms. The second-order valence-corrected chi connectivity index (χ2v) is 6.44. The lowest BCUT2D eigenvalue weighted by atomic mass is 10.1. The zero-order valence-corrected chi connectivity index (χ0v) is 17.1. The summed E-state index contributed by atoms with van der Waals surface area (Å²) < 4.78 is 13.9. The molecule has 1 heterocycles. The average Bonchev–Trinajstić information content (AvgIpc) is 3.05. The number of hydrazone groups is 1. The highest BCUT2D eigenvalue weighted by molar-refractivity contribution is 5.98. The van der Waals surface area contributed by atoms with E-state index in [-0.39, 0.29) is 12.3 Å². The molecule has 0 radical (unpaired) electrons. The molecule has 3 aromatic rings. The van der Waals surface area contributed by atoms with Crippen LogP contribution in [0.15, 0.2) is 46.3 Å². The SMILES string of the molecule is CNN=C(C)c1ccc(OCc2c(OC)cccc2-n2nnn(C)c2=O)c(C)c1. The summed E-state index contributed by atoms with van der Waals surface area (Å²) in [7, 11) is 4.89. The van der Waals surface area contributed by atoms with E-state index in [4.69, 9.17) is 9.47 Å². The molecule has 0 aliphatic carbocycles. The van der Waals surface area contributed by atoms with E-state index < -0.39 is 0 Å². The van der Waals surface area contributed by atoms with Gasteiger partial charge in [0.05, 0.1) is 24.1 Å². The van der Waals surface area contributed by atoms with Crippen molar-refractivity contribution >= 4 is 5.71 Å².